The van der Waals surface area contributed by atoms with Crippen LogP contribution in [0.4, 0.5) is 10.2 Å². The van der Waals surface area contributed by atoms with Crippen molar-refractivity contribution in [1.82, 2.24) is 9.88 Å². The molecule has 1 aromatic heterocycles. The van der Waals surface area contributed by atoms with Crippen LogP contribution in [0.5, 0.6) is 0 Å². The summed E-state index contributed by atoms with van der Waals surface area (Å²) >= 11 is 0. The first kappa shape index (κ1) is 21.5. The number of pyridine rings is 1. The van der Waals surface area contributed by atoms with E-state index in [0.717, 1.165) is 16.9 Å². The first-order valence-corrected chi connectivity index (χ1v) is 10.3. The molecule has 0 amide bonds. The van der Waals surface area contributed by atoms with E-state index < -0.39 is 12.0 Å². The van der Waals surface area contributed by atoms with Crippen molar-refractivity contribution in [3.63, 3.8) is 0 Å². The monoisotopic (exact) mass is 433 g/mol. The van der Waals surface area contributed by atoms with E-state index in [9.17, 15) is 14.3 Å². The van der Waals surface area contributed by atoms with E-state index in [1.54, 1.807) is 0 Å². The smallest absolute Gasteiger partial charge is 0.325 e. The molecule has 8 heteroatoms. The number of nitrogen functional groups attached to an aromatic ring is 1. The minimum absolute atomic E-state index is 0.0359. The van der Waals surface area contributed by atoms with Gasteiger partial charge in [-0.3, -0.25) is 15.1 Å². The van der Waals surface area contributed by atoms with Crippen LogP contribution < -0.4 is 10.6 Å². The second-order valence-electron chi connectivity index (χ2n) is 7.71. The normalized spacial score (nSPS) is 15.3. The summed E-state index contributed by atoms with van der Waals surface area (Å²) in [4.78, 5) is 20.5. The molecule has 1 atom stereocenters. The Kier molecular flexibility index (Phi) is 6.13. The second kappa shape index (κ2) is 9.15. The first-order valence-electron chi connectivity index (χ1n) is 10.3. The summed E-state index contributed by atoms with van der Waals surface area (Å²) in [5, 5.41) is 17.2. The number of rotatable bonds is 6. The molecule has 7 nitrogen and oxygen atoms in total. The summed E-state index contributed by atoms with van der Waals surface area (Å²) in [5.74, 6) is -0.452. The van der Waals surface area contributed by atoms with Crippen LogP contribution in [0, 0.1) is 11.2 Å². The maximum atomic E-state index is 13.2. The predicted molar refractivity (Wildman–Crippen MR) is 121 cm³/mol. The fourth-order valence-electron chi connectivity index (χ4n) is 3.95. The van der Waals surface area contributed by atoms with E-state index in [-0.39, 0.29) is 11.7 Å². The number of anilines is 1. The summed E-state index contributed by atoms with van der Waals surface area (Å²) in [5.41, 5.74) is 8.71. The van der Waals surface area contributed by atoms with Crippen LogP contribution in [0.15, 0.2) is 66.9 Å². The van der Waals surface area contributed by atoms with Crippen molar-refractivity contribution >= 4 is 17.6 Å². The predicted octanol–water partition coefficient (Wildman–Crippen LogP) is 3.12. The van der Waals surface area contributed by atoms with Gasteiger partial charge in [0.1, 0.15) is 23.5 Å². The van der Waals surface area contributed by atoms with E-state index in [1.807, 2.05) is 47.5 Å². The summed E-state index contributed by atoms with van der Waals surface area (Å²) in [6, 6.07) is 16.2. The van der Waals surface area contributed by atoms with Crippen LogP contribution in [0.3, 0.4) is 0 Å². The molecule has 1 saturated heterocycles. The highest BCUT2D eigenvalue weighted by atomic mass is 19.1. The van der Waals surface area contributed by atoms with Crippen molar-refractivity contribution in [2.75, 3.05) is 31.1 Å². The highest BCUT2D eigenvalue weighted by Gasteiger charge is 2.30. The fourth-order valence-corrected chi connectivity index (χ4v) is 3.95. The van der Waals surface area contributed by atoms with Crippen LogP contribution in [0.25, 0.3) is 11.1 Å². The minimum atomic E-state index is -0.941. The number of amidine groups is 1. The Morgan fingerprint density at radius 1 is 0.969 bits per heavy atom. The van der Waals surface area contributed by atoms with E-state index in [0.29, 0.717) is 37.3 Å². The molecule has 1 aliphatic heterocycles. The number of nitrogens with two attached hydrogens (primary N) is 1. The van der Waals surface area contributed by atoms with Gasteiger partial charge in [0, 0.05) is 43.5 Å². The molecule has 32 heavy (non-hydrogen) atoms. The van der Waals surface area contributed by atoms with E-state index in [1.165, 1.54) is 24.3 Å². The third-order valence-corrected chi connectivity index (χ3v) is 5.70. The highest BCUT2D eigenvalue weighted by molar-refractivity contribution is 5.95. The third-order valence-electron chi connectivity index (χ3n) is 5.70. The molecule has 1 aliphatic rings. The van der Waals surface area contributed by atoms with Gasteiger partial charge >= 0.3 is 5.97 Å². The Balaban J connectivity index is 1.42. The lowest BCUT2D eigenvalue weighted by Crippen LogP contribution is -2.49. The van der Waals surface area contributed by atoms with Gasteiger partial charge in [-0.1, -0.05) is 36.4 Å². The summed E-state index contributed by atoms with van der Waals surface area (Å²) in [6.45, 7) is 2.41. The molecule has 0 aliphatic carbocycles. The maximum Gasteiger partial charge on any atom is 0.325 e. The molecule has 4 N–H and O–H groups in total. The van der Waals surface area contributed by atoms with Gasteiger partial charge in [0.05, 0.1) is 0 Å². The van der Waals surface area contributed by atoms with E-state index >= 15 is 0 Å². The number of hydrogen-bond acceptors (Lipinski definition) is 5. The third kappa shape index (κ3) is 4.60. The molecular weight excluding hydrogens is 409 g/mol. The number of carboxylic acid groups (broad SMARTS) is 1. The number of aromatic nitrogens is 1. The number of hydrogen-bond donors (Lipinski definition) is 3. The van der Waals surface area contributed by atoms with Crippen LogP contribution in [-0.2, 0) is 4.79 Å². The topological polar surface area (TPSA) is 107 Å². The van der Waals surface area contributed by atoms with Crippen LogP contribution in [0.2, 0.25) is 0 Å². The lowest BCUT2D eigenvalue weighted by atomic mass is 10.0. The number of carboxylic acids is 1. The SMILES string of the molecule is N=C(N)c1ccc(-c2ccc(N3CCN(C(C(=O)O)c4ccc(F)cc4)CC3)nc2)cc1. The first-order chi connectivity index (χ1) is 15.4. The molecule has 2 heterocycles. The number of aliphatic carboxylic acids is 1. The van der Waals surface area contributed by atoms with Gasteiger partial charge in [0.15, 0.2) is 0 Å². The summed E-state index contributed by atoms with van der Waals surface area (Å²) in [7, 11) is 0. The standard InChI is InChI=1S/C24H24FN5O2/c25-20-8-5-17(6-9-20)22(24(31)32)30-13-11-29(12-14-30)21-10-7-19(15-28-21)16-1-3-18(4-2-16)23(26)27/h1-10,15,22H,11-14H2,(H3,26,27)(H,31,32). The number of carbonyl (C=O) groups is 1. The van der Waals surface area contributed by atoms with Crippen molar-refractivity contribution in [3.05, 3.63) is 83.8 Å². The molecule has 0 radical (unpaired) electrons. The Labute approximate surface area is 185 Å². The molecule has 2 aromatic carbocycles. The number of halogens is 1. The van der Waals surface area contributed by atoms with E-state index in [2.05, 4.69) is 9.88 Å². The molecule has 1 fully saturated rings. The van der Waals surface area contributed by atoms with Gasteiger partial charge in [-0.05, 0) is 35.4 Å². The zero-order valence-corrected chi connectivity index (χ0v) is 17.4. The zero-order chi connectivity index (χ0) is 22.7. The van der Waals surface area contributed by atoms with E-state index in [4.69, 9.17) is 11.1 Å². The molecule has 3 aromatic rings. The fraction of sp³-hybridized carbons (Fsp3) is 0.208. The lowest BCUT2D eigenvalue weighted by molar-refractivity contribution is -0.143. The number of nitrogens with one attached hydrogen (secondary N) is 1. The van der Waals surface area contributed by atoms with Gasteiger partial charge in [-0.2, -0.15) is 0 Å². The van der Waals surface area contributed by atoms with Gasteiger partial charge in [-0.15, -0.1) is 0 Å². The minimum Gasteiger partial charge on any atom is -0.480 e. The molecule has 4 rings (SSSR count). The Hall–Kier alpha value is -3.78. The second-order valence-corrected chi connectivity index (χ2v) is 7.71. The van der Waals surface area contributed by atoms with Crippen molar-refractivity contribution in [2.45, 2.75) is 6.04 Å². The average Bonchev–Trinajstić information content (AvgIpc) is 2.81. The Morgan fingerprint density at radius 3 is 2.12 bits per heavy atom. The van der Waals surface area contributed by atoms with Crippen molar-refractivity contribution < 1.29 is 14.3 Å². The lowest BCUT2D eigenvalue weighted by Gasteiger charge is -2.38. The molecule has 0 spiro atoms. The van der Waals surface area contributed by atoms with Crippen LogP contribution >= 0.6 is 0 Å². The van der Waals surface area contributed by atoms with Crippen LogP contribution in [0.1, 0.15) is 17.2 Å². The average molecular weight is 433 g/mol. The zero-order valence-electron chi connectivity index (χ0n) is 17.4. The highest BCUT2D eigenvalue weighted by Crippen LogP contribution is 2.26. The largest absolute Gasteiger partial charge is 0.480 e. The van der Waals surface area contributed by atoms with Crippen molar-refractivity contribution in [2.24, 2.45) is 5.73 Å². The number of piperazine rings is 1. The quantitative estimate of drug-likeness (QED) is 0.407. The molecule has 0 saturated carbocycles. The number of benzene rings is 2. The van der Waals surface area contributed by atoms with Gasteiger partial charge in [-0.25, -0.2) is 9.37 Å². The Bertz CT molecular complexity index is 1090. The van der Waals surface area contributed by atoms with Crippen molar-refractivity contribution in [3.8, 4) is 11.1 Å². The molecular formula is C24H24FN5O2. The van der Waals surface area contributed by atoms with Gasteiger partial charge in [0.2, 0.25) is 0 Å². The number of nitrogens with zero attached hydrogens (tertiary/aromatic N) is 3. The summed E-state index contributed by atoms with van der Waals surface area (Å²) < 4.78 is 13.2. The Morgan fingerprint density at radius 2 is 1.59 bits per heavy atom. The van der Waals surface area contributed by atoms with Gasteiger partial charge in [0.25, 0.3) is 0 Å². The molecule has 164 valence electrons. The van der Waals surface area contributed by atoms with Crippen molar-refractivity contribution in [1.29, 1.82) is 5.41 Å². The molecule has 0 bridgehead atoms. The maximum absolute atomic E-state index is 13.2. The van der Waals surface area contributed by atoms with Gasteiger partial charge < -0.3 is 15.7 Å². The summed E-state index contributed by atoms with van der Waals surface area (Å²) in [6.07, 6.45) is 1.81. The van der Waals surface area contributed by atoms with Crippen LogP contribution in [-0.4, -0.2) is 53.0 Å². The molecule has 1 unspecified atom stereocenters.